The molecule has 0 saturated carbocycles. The third-order valence-electron chi connectivity index (χ3n) is 3.58. The first-order valence-corrected chi connectivity index (χ1v) is 8.96. The fraction of sp³-hybridized carbons (Fsp3) is 0.529. The molecule has 1 aromatic rings. The molecule has 0 spiro atoms. The van der Waals surface area contributed by atoms with E-state index in [4.69, 9.17) is 16.3 Å². The maximum atomic E-state index is 12.6. The lowest BCUT2D eigenvalue weighted by Gasteiger charge is -2.19. The Labute approximate surface area is 147 Å². The number of benzene rings is 1. The minimum absolute atomic E-state index is 0.0608. The smallest absolute Gasteiger partial charge is 0.283 e. The molecule has 1 aromatic carbocycles. The molecule has 2 rings (SSSR count). The summed E-state index contributed by atoms with van der Waals surface area (Å²) in [6.07, 6.45) is 2.20. The van der Waals surface area contributed by atoms with Crippen molar-refractivity contribution >= 4 is 34.4 Å². The fourth-order valence-electron chi connectivity index (χ4n) is 2.48. The summed E-state index contributed by atoms with van der Waals surface area (Å²) in [7, 11) is 1.54. The van der Waals surface area contributed by atoms with Gasteiger partial charge in [0.25, 0.3) is 5.91 Å². The van der Waals surface area contributed by atoms with Gasteiger partial charge in [-0.3, -0.25) is 4.79 Å². The number of amidine groups is 1. The Morgan fingerprint density at radius 3 is 2.87 bits per heavy atom. The van der Waals surface area contributed by atoms with E-state index < -0.39 is 0 Å². The number of rotatable bonds is 5. The van der Waals surface area contributed by atoms with Gasteiger partial charge in [0.1, 0.15) is 5.75 Å². The Morgan fingerprint density at radius 1 is 1.48 bits per heavy atom. The lowest BCUT2D eigenvalue weighted by atomic mass is 10.2. The van der Waals surface area contributed by atoms with Gasteiger partial charge in [-0.1, -0.05) is 36.7 Å². The van der Waals surface area contributed by atoms with Crippen LogP contribution in [0.4, 0.5) is 0 Å². The second-order valence-corrected chi connectivity index (χ2v) is 8.29. The number of halogens is 1. The van der Waals surface area contributed by atoms with Crippen molar-refractivity contribution in [2.24, 2.45) is 4.99 Å². The number of ether oxygens (including phenoxy) is 1. The first-order chi connectivity index (χ1) is 10.9. The topological polar surface area (TPSA) is 41.9 Å². The van der Waals surface area contributed by atoms with Crippen LogP contribution in [0.2, 0.25) is 5.02 Å². The summed E-state index contributed by atoms with van der Waals surface area (Å²) >= 11 is 7.65. The standard InChI is InChI=1S/C17H23ClN2O2S/c1-5-6-9-20-11-17(2,3)23-16(20)19-15(21)13-10-12(18)7-8-14(13)22-4/h7-8,10H,5-6,9,11H2,1-4H3/b19-16-. The Morgan fingerprint density at radius 2 is 2.22 bits per heavy atom. The molecule has 1 saturated heterocycles. The van der Waals surface area contributed by atoms with Crippen LogP contribution in [0.25, 0.3) is 0 Å². The summed E-state index contributed by atoms with van der Waals surface area (Å²) in [5.41, 5.74) is 0.397. The van der Waals surface area contributed by atoms with Crippen LogP contribution in [0.15, 0.2) is 23.2 Å². The quantitative estimate of drug-likeness (QED) is 0.782. The number of hydrogen-bond acceptors (Lipinski definition) is 3. The molecule has 0 N–H and O–H groups in total. The van der Waals surface area contributed by atoms with E-state index in [-0.39, 0.29) is 10.7 Å². The predicted octanol–water partition coefficient (Wildman–Crippen LogP) is 4.47. The zero-order valence-corrected chi connectivity index (χ0v) is 15.6. The molecule has 1 aliphatic heterocycles. The Bertz CT molecular complexity index is 617. The van der Waals surface area contributed by atoms with Crippen molar-refractivity contribution < 1.29 is 9.53 Å². The number of methoxy groups -OCH3 is 1. The van der Waals surface area contributed by atoms with Crippen LogP contribution in [0.1, 0.15) is 44.0 Å². The zero-order valence-electron chi connectivity index (χ0n) is 14.1. The lowest BCUT2D eigenvalue weighted by Crippen LogP contribution is -2.30. The molecule has 0 bridgehead atoms. The summed E-state index contributed by atoms with van der Waals surface area (Å²) in [6.45, 7) is 8.32. The van der Waals surface area contributed by atoms with Crippen molar-refractivity contribution in [2.75, 3.05) is 20.2 Å². The molecule has 126 valence electrons. The van der Waals surface area contributed by atoms with E-state index in [0.717, 1.165) is 31.1 Å². The predicted molar refractivity (Wildman–Crippen MR) is 97.9 cm³/mol. The molecular weight excluding hydrogens is 332 g/mol. The number of unbranched alkanes of at least 4 members (excludes halogenated alkanes) is 1. The average Bonchev–Trinajstić information content (AvgIpc) is 2.78. The first-order valence-electron chi connectivity index (χ1n) is 7.77. The van der Waals surface area contributed by atoms with Crippen LogP contribution < -0.4 is 4.74 Å². The van der Waals surface area contributed by atoms with Gasteiger partial charge in [-0.2, -0.15) is 4.99 Å². The van der Waals surface area contributed by atoms with Crippen molar-refractivity contribution in [2.45, 2.75) is 38.4 Å². The molecule has 1 aliphatic rings. The minimum atomic E-state index is -0.314. The summed E-state index contributed by atoms with van der Waals surface area (Å²) in [5.74, 6) is 0.178. The van der Waals surface area contributed by atoms with E-state index in [1.807, 2.05) is 0 Å². The number of aliphatic imine (C=N–C) groups is 1. The maximum absolute atomic E-state index is 12.6. The molecule has 0 radical (unpaired) electrons. The fourth-order valence-corrected chi connectivity index (χ4v) is 3.78. The average molecular weight is 355 g/mol. The first kappa shape index (κ1) is 18.1. The monoisotopic (exact) mass is 354 g/mol. The molecule has 1 fully saturated rings. The third-order valence-corrected chi connectivity index (χ3v) is 5.03. The van der Waals surface area contributed by atoms with Crippen LogP contribution in [0, 0.1) is 0 Å². The van der Waals surface area contributed by atoms with Gasteiger partial charge in [0, 0.05) is 22.9 Å². The molecule has 4 nitrogen and oxygen atoms in total. The van der Waals surface area contributed by atoms with Gasteiger partial charge in [0.05, 0.1) is 12.7 Å². The highest BCUT2D eigenvalue weighted by Gasteiger charge is 2.35. The van der Waals surface area contributed by atoms with Gasteiger partial charge in [-0.15, -0.1) is 0 Å². The van der Waals surface area contributed by atoms with Gasteiger partial charge < -0.3 is 9.64 Å². The summed E-state index contributed by atoms with van der Waals surface area (Å²) in [6, 6.07) is 5.00. The third kappa shape index (κ3) is 4.64. The summed E-state index contributed by atoms with van der Waals surface area (Å²) in [4.78, 5) is 19.1. The highest BCUT2D eigenvalue weighted by molar-refractivity contribution is 8.15. The van der Waals surface area contributed by atoms with Crippen molar-refractivity contribution in [3.8, 4) is 5.75 Å². The SMILES string of the molecule is CCCCN1CC(C)(C)S/C1=N\C(=O)c1cc(Cl)ccc1OC. The number of carbonyl (C=O) groups excluding carboxylic acids is 1. The summed E-state index contributed by atoms with van der Waals surface area (Å²) < 4.78 is 5.31. The normalized spacial score (nSPS) is 18.5. The van der Waals surface area contributed by atoms with E-state index in [1.54, 1.807) is 30.0 Å². The highest BCUT2D eigenvalue weighted by Crippen LogP contribution is 2.36. The Kier molecular flexibility index (Phi) is 5.98. The molecule has 0 aromatic heterocycles. The maximum Gasteiger partial charge on any atom is 0.283 e. The molecule has 0 aliphatic carbocycles. The van der Waals surface area contributed by atoms with Crippen LogP contribution in [0.5, 0.6) is 5.75 Å². The lowest BCUT2D eigenvalue weighted by molar-refractivity contribution is 0.0999. The second-order valence-electron chi connectivity index (χ2n) is 6.18. The van der Waals surface area contributed by atoms with Crippen LogP contribution in [-0.4, -0.2) is 40.9 Å². The highest BCUT2D eigenvalue weighted by atomic mass is 35.5. The van der Waals surface area contributed by atoms with Crippen molar-refractivity contribution in [1.82, 2.24) is 4.90 Å². The van der Waals surface area contributed by atoms with Gasteiger partial charge in [0.2, 0.25) is 0 Å². The molecule has 0 unspecified atom stereocenters. The van der Waals surface area contributed by atoms with Crippen molar-refractivity contribution in [3.63, 3.8) is 0 Å². The molecule has 1 amide bonds. The van der Waals surface area contributed by atoms with E-state index in [1.165, 1.54) is 7.11 Å². The van der Waals surface area contributed by atoms with Gasteiger partial charge in [-0.25, -0.2) is 0 Å². The Balaban J connectivity index is 2.28. The van der Waals surface area contributed by atoms with Crippen LogP contribution in [-0.2, 0) is 0 Å². The van der Waals surface area contributed by atoms with E-state index >= 15 is 0 Å². The minimum Gasteiger partial charge on any atom is -0.496 e. The van der Waals surface area contributed by atoms with Crippen LogP contribution >= 0.6 is 23.4 Å². The molecule has 6 heteroatoms. The number of thioether (sulfide) groups is 1. The second kappa shape index (κ2) is 7.58. The molecule has 0 atom stereocenters. The van der Waals surface area contributed by atoms with E-state index in [9.17, 15) is 4.79 Å². The van der Waals surface area contributed by atoms with Gasteiger partial charge >= 0.3 is 0 Å². The summed E-state index contributed by atoms with van der Waals surface area (Å²) in [5, 5.41) is 1.28. The van der Waals surface area contributed by atoms with Gasteiger partial charge in [0.15, 0.2) is 5.17 Å². The van der Waals surface area contributed by atoms with Gasteiger partial charge in [-0.05, 0) is 38.5 Å². The van der Waals surface area contributed by atoms with Crippen molar-refractivity contribution in [1.29, 1.82) is 0 Å². The number of hydrogen-bond donors (Lipinski definition) is 0. The molecule has 1 heterocycles. The van der Waals surface area contributed by atoms with E-state index in [2.05, 4.69) is 30.7 Å². The Hall–Kier alpha value is -1.20. The number of nitrogens with zero attached hydrogens (tertiary/aromatic N) is 2. The number of carbonyl (C=O) groups is 1. The largest absolute Gasteiger partial charge is 0.496 e. The molecular formula is C17H23ClN2O2S. The van der Waals surface area contributed by atoms with Crippen molar-refractivity contribution in [3.05, 3.63) is 28.8 Å². The van der Waals surface area contributed by atoms with Crippen LogP contribution in [0.3, 0.4) is 0 Å². The zero-order chi connectivity index (χ0) is 17.0. The molecule has 23 heavy (non-hydrogen) atoms. The van der Waals surface area contributed by atoms with E-state index in [0.29, 0.717) is 16.3 Å². The number of amides is 1.